The first-order valence-corrected chi connectivity index (χ1v) is 7.30. The first-order valence-electron chi connectivity index (χ1n) is 7.30. The number of amides is 1. The van der Waals surface area contributed by atoms with Crippen molar-refractivity contribution >= 4 is 11.9 Å². The van der Waals surface area contributed by atoms with E-state index in [1.807, 2.05) is 0 Å². The molecule has 1 aromatic rings. The zero-order chi connectivity index (χ0) is 15.2. The van der Waals surface area contributed by atoms with Gasteiger partial charge < -0.3 is 10.4 Å². The quantitative estimate of drug-likeness (QED) is 0.856. The summed E-state index contributed by atoms with van der Waals surface area (Å²) >= 11 is 0. The third-order valence-corrected chi connectivity index (χ3v) is 3.77. The van der Waals surface area contributed by atoms with E-state index in [0.29, 0.717) is 6.54 Å². The predicted molar refractivity (Wildman–Crippen MR) is 78.4 cm³/mol. The zero-order valence-electron chi connectivity index (χ0n) is 12.2. The second-order valence-electron chi connectivity index (χ2n) is 5.37. The molecule has 114 valence electrons. The third kappa shape index (κ3) is 4.26. The van der Waals surface area contributed by atoms with E-state index in [0.717, 1.165) is 13.1 Å². The Bertz CT molecular complexity index is 513. The fourth-order valence-electron chi connectivity index (χ4n) is 2.50. The second kappa shape index (κ2) is 7.17. The summed E-state index contributed by atoms with van der Waals surface area (Å²) in [5.41, 5.74) is 0.0208. The highest BCUT2D eigenvalue weighted by Crippen LogP contribution is 2.11. The minimum absolute atomic E-state index is 0.119. The van der Waals surface area contributed by atoms with E-state index in [1.54, 1.807) is 0 Å². The van der Waals surface area contributed by atoms with Crippen molar-refractivity contribution in [1.82, 2.24) is 15.2 Å². The number of hydrogen-bond acceptors (Lipinski definition) is 4. The summed E-state index contributed by atoms with van der Waals surface area (Å²) in [5.74, 6) is -1.46. The van der Waals surface area contributed by atoms with E-state index in [4.69, 9.17) is 5.11 Å². The summed E-state index contributed by atoms with van der Waals surface area (Å²) in [6.45, 7) is 4.78. The SMILES string of the molecule is CC(CNC(=O)c1cccc(C(=O)O)n1)N1CCCCC1. The molecule has 1 amide bonds. The highest BCUT2D eigenvalue weighted by atomic mass is 16.4. The van der Waals surface area contributed by atoms with Gasteiger partial charge in [-0.15, -0.1) is 0 Å². The van der Waals surface area contributed by atoms with Crippen LogP contribution in [0.2, 0.25) is 0 Å². The largest absolute Gasteiger partial charge is 0.477 e. The second-order valence-corrected chi connectivity index (χ2v) is 5.37. The van der Waals surface area contributed by atoms with Crippen molar-refractivity contribution in [2.24, 2.45) is 0 Å². The number of likely N-dealkylation sites (tertiary alicyclic amines) is 1. The number of pyridine rings is 1. The standard InChI is InChI=1S/C15H21N3O3/c1-11(18-8-3-2-4-9-18)10-16-14(19)12-6-5-7-13(17-12)15(20)21/h5-7,11H,2-4,8-10H2,1H3,(H,16,19)(H,20,21). The molecule has 2 heterocycles. The van der Waals surface area contributed by atoms with Crippen molar-refractivity contribution in [2.75, 3.05) is 19.6 Å². The van der Waals surface area contributed by atoms with Crippen molar-refractivity contribution in [2.45, 2.75) is 32.2 Å². The van der Waals surface area contributed by atoms with Gasteiger partial charge in [0.1, 0.15) is 11.4 Å². The van der Waals surface area contributed by atoms with Gasteiger partial charge in [-0.05, 0) is 45.0 Å². The van der Waals surface area contributed by atoms with Gasteiger partial charge in [-0.3, -0.25) is 9.69 Å². The van der Waals surface area contributed by atoms with Crippen LogP contribution in [-0.2, 0) is 0 Å². The molecule has 1 aliphatic heterocycles. The smallest absolute Gasteiger partial charge is 0.354 e. The molecule has 0 aliphatic carbocycles. The van der Waals surface area contributed by atoms with Crippen molar-refractivity contribution in [3.63, 3.8) is 0 Å². The van der Waals surface area contributed by atoms with E-state index < -0.39 is 5.97 Å². The summed E-state index contributed by atoms with van der Waals surface area (Å²) < 4.78 is 0. The fourth-order valence-corrected chi connectivity index (χ4v) is 2.50. The number of aromatic carboxylic acids is 1. The Kier molecular flexibility index (Phi) is 5.27. The number of carboxylic acid groups (broad SMARTS) is 1. The summed E-state index contributed by atoms with van der Waals surface area (Å²) in [7, 11) is 0. The third-order valence-electron chi connectivity index (χ3n) is 3.77. The molecule has 21 heavy (non-hydrogen) atoms. The van der Waals surface area contributed by atoms with Crippen LogP contribution < -0.4 is 5.32 Å². The van der Waals surface area contributed by atoms with Crippen LogP contribution in [0, 0.1) is 0 Å². The monoisotopic (exact) mass is 291 g/mol. The van der Waals surface area contributed by atoms with Gasteiger partial charge in [-0.25, -0.2) is 9.78 Å². The lowest BCUT2D eigenvalue weighted by Gasteiger charge is -2.32. The summed E-state index contributed by atoms with van der Waals surface area (Å²) in [6.07, 6.45) is 3.70. The van der Waals surface area contributed by atoms with Crippen molar-refractivity contribution < 1.29 is 14.7 Å². The molecule has 6 heteroatoms. The number of aromatic nitrogens is 1. The summed E-state index contributed by atoms with van der Waals surface area (Å²) in [6, 6.07) is 4.69. The van der Waals surface area contributed by atoms with Gasteiger partial charge >= 0.3 is 5.97 Å². The fraction of sp³-hybridized carbons (Fsp3) is 0.533. The van der Waals surface area contributed by atoms with E-state index in [9.17, 15) is 9.59 Å². The van der Waals surface area contributed by atoms with Crippen molar-refractivity contribution in [3.8, 4) is 0 Å². The van der Waals surface area contributed by atoms with Crippen LogP contribution in [0.5, 0.6) is 0 Å². The molecule has 0 aromatic carbocycles. The van der Waals surface area contributed by atoms with Crippen LogP contribution in [0.25, 0.3) is 0 Å². The lowest BCUT2D eigenvalue weighted by molar-refractivity contribution is 0.0690. The van der Waals surface area contributed by atoms with Crippen LogP contribution in [0.1, 0.15) is 47.2 Å². The molecule has 1 unspecified atom stereocenters. The number of nitrogens with one attached hydrogen (secondary N) is 1. The Morgan fingerprint density at radius 1 is 1.29 bits per heavy atom. The molecule has 0 radical (unpaired) electrons. The van der Waals surface area contributed by atoms with Gasteiger partial charge in [0.2, 0.25) is 0 Å². The van der Waals surface area contributed by atoms with E-state index in [1.165, 1.54) is 37.5 Å². The number of carbonyl (C=O) groups excluding carboxylic acids is 1. The number of carboxylic acids is 1. The maximum absolute atomic E-state index is 12.0. The molecule has 2 rings (SSSR count). The molecule has 1 fully saturated rings. The van der Waals surface area contributed by atoms with Crippen LogP contribution >= 0.6 is 0 Å². The average Bonchev–Trinajstić information content (AvgIpc) is 2.53. The normalized spacial score (nSPS) is 17.2. The van der Waals surface area contributed by atoms with Crippen LogP contribution in [0.3, 0.4) is 0 Å². The maximum Gasteiger partial charge on any atom is 0.354 e. The highest BCUT2D eigenvalue weighted by molar-refractivity contribution is 5.94. The Hall–Kier alpha value is -1.95. The molecule has 0 saturated carbocycles. The summed E-state index contributed by atoms with van der Waals surface area (Å²) in [5, 5.41) is 11.7. The molecular weight excluding hydrogens is 270 g/mol. The van der Waals surface area contributed by atoms with E-state index in [2.05, 4.69) is 22.1 Å². The lowest BCUT2D eigenvalue weighted by Crippen LogP contribution is -2.44. The van der Waals surface area contributed by atoms with E-state index in [-0.39, 0.29) is 23.3 Å². The molecule has 1 atom stereocenters. The molecular formula is C15H21N3O3. The van der Waals surface area contributed by atoms with Crippen molar-refractivity contribution in [1.29, 1.82) is 0 Å². The first-order chi connectivity index (χ1) is 10.1. The minimum atomic E-state index is -1.13. The average molecular weight is 291 g/mol. The number of piperidine rings is 1. The van der Waals surface area contributed by atoms with Crippen LogP contribution in [0.4, 0.5) is 0 Å². The van der Waals surface area contributed by atoms with Gasteiger partial charge in [0.25, 0.3) is 5.91 Å². The van der Waals surface area contributed by atoms with Gasteiger partial charge in [-0.2, -0.15) is 0 Å². The maximum atomic E-state index is 12.0. The van der Waals surface area contributed by atoms with Gasteiger partial charge in [0.05, 0.1) is 0 Å². The lowest BCUT2D eigenvalue weighted by atomic mass is 10.1. The number of nitrogens with zero attached hydrogens (tertiary/aromatic N) is 2. The number of rotatable bonds is 5. The first kappa shape index (κ1) is 15.4. The topological polar surface area (TPSA) is 82.5 Å². The molecule has 1 aliphatic rings. The van der Waals surface area contributed by atoms with Gasteiger partial charge in [0, 0.05) is 12.6 Å². The Morgan fingerprint density at radius 2 is 1.95 bits per heavy atom. The van der Waals surface area contributed by atoms with Crippen molar-refractivity contribution in [3.05, 3.63) is 29.6 Å². The number of hydrogen-bond donors (Lipinski definition) is 2. The molecule has 0 bridgehead atoms. The molecule has 1 saturated heterocycles. The van der Waals surface area contributed by atoms with Crippen LogP contribution in [-0.4, -0.2) is 52.5 Å². The Balaban J connectivity index is 1.89. The predicted octanol–water partition coefficient (Wildman–Crippen LogP) is 1.38. The molecule has 1 aromatic heterocycles. The number of carbonyl (C=O) groups is 2. The Morgan fingerprint density at radius 3 is 2.62 bits per heavy atom. The Labute approximate surface area is 124 Å². The summed E-state index contributed by atoms with van der Waals surface area (Å²) in [4.78, 5) is 29.1. The molecule has 2 N–H and O–H groups in total. The minimum Gasteiger partial charge on any atom is -0.477 e. The molecule has 6 nitrogen and oxygen atoms in total. The molecule has 0 spiro atoms. The van der Waals surface area contributed by atoms with Gasteiger partial charge in [0.15, 0.2) is 0 Å². The van der Waals surface area contributed by atoms with E-state index >= 15 is 0 Å². The van der Waals surface area contributed by atoms with Gasteiger partial charge in [-0.1, -0.05) is 12.5 Å². The van der Waals surface area contributed by atoms with Crippen LogP contribution in [0.15, 0.2) is 18.2 Å². The highest BCUT2D eigenvalue weighted by Gasteiger charge is 2.18. The zero-order valence-corrected chi connectivity index (χ0v) is 12.2.